The molecule has 1 saturated heterocycles. The molecular formula is C31H30MgN4O4-2. The molecule has 0 amide bonds. The number of carboxylic acids is 1. The molecule has 2 N–H and O–H groups in total. The van der Waals surface area contributed by atoms with Gasteiger partial charge in [0.2, 0.25) is 0 Å². The van der Waals surface area contributed by atoms with E-state index >= 15 is 0 Å². The van der Waals surface area contributed by atoms with Crippen molar-refractivity contribution in [2.45, 2.75) is 54.0 Å². The molecule has 3 aliphatic rings. The molecule has 8 bridgehead atoms. The third-order valence-electron chi connectivity index (χ3n) is 9.00. The number of carbonyl (C=O) groups is 2. The monoisotopic (exact) mass is 546 g/mol. The Bertz CT molecular complexity index is 1870. The Morgan fingerprint density at radius 1 is 0.925 bits per heavy atom. The number of aliphatic hydroxyl groups excluding tert-OH is 1. The number of ketones is 1. The van der Waals surface area contributed by atoms with Crippen LogP contribution in [0, 0.1) is 45.4 Å². The number of Topliss-reactive ketones (excluding diaryl/α,β-unsaturated/α-hetero) is 1. The molecular weight excluding hydrogens is 517 g/mol. The van der Waals surface area contributed by atoms with E-state index in [9.17, 15) is 19.8 Å². The molecule has 5 heterocycles. The number of nitrogens with zero attached hydrogens (tertiary/aromatic N) is 4. The van der Waals surface area contributed by atoms with Gasteiger partial charge < -0.3 is 30.5 Å². The summed E-state index contributed by atoms with van der Waals surface area (Å²) in [7, 11) is 0. The molecule has 40 heavy (non-hydrogen) atoms. The molecule has 8 nitrogen and oxygen atoms in total. The van der Waals surface area contributed by atoms with Crippen molar-refractivity contribution in [1.82, 2.24) is 15.0 Å². The summed E-state index contributed by atoms with van der Waals surface area (Å²) in [5.41, 5.74) is 7.30. The van der Waals surface area contributed by atoms with Gasteiger partial charge in [0.05, 0.1) is 6.26 Å². The van der Waals surface area contributed by atoms with Gasteiger partial charge in [0.1, 0.15) is 5.92 Å². The van der Waals surface area contributed by atoms with Crippen LogP contribution in [0.2, 0.25) is 0 Å². The molecule has 0 radical (unpaired) electrons. The van der Waals surface area contributed by atoms with Gasteiger partial charge in [-0.1, -0.05) is 72.4 Å². The first-order chi connectivity index (χ1) is 18.6. The molecule has 3 aromatic heterocycles. The number of allylic oxidation sites excluding steroid dienone is 1. The van der Waals surface area contributed by atoms with Crippen molar-refractivity contribution in [3.63, 3.8) is 0 Å². The maximum atomic E-state index is 13.6. The smallest absolute Gasteiger partial charge is 0.681 e. The summed E-state index contributed by atoms with van der Waals surface area (Å²) in [6.07, 6.45) is 7.50. The number of rotatable bonds is 2. The fraction of sp³-hybridized carbons (Fsp3) is 0.355. The van der Waals surface area contributed by atoms with Crippen molar-refractivity contribution in [2.75, 3.05) is 0 Å². The van der Waals surface area contributed by atoms with Gasteiger partial charge in [0.25, 0.3) is 0 Å². The van der Waals surface area contributed by atoms with E-state index in [4.69, 9.17) is 20.3 Å². The van der Waals surface area contributed by atoms with Gasteiger partial charge in [0.15, 0.2) is 5.78 Å². The maximum absolute atomic E-state index is 13.6. The number of hydrogen-bond donors (Lipinski definition) is 2. The summed E-state index contributed by atoms with van der Waals surface area (Å²) in [6.45, 7) is 11.9. The minimum absolute atomic E-state index is 0. The molecule has 1 fully saturated rings. The number of aromatic nitrogens is 3. The Labute approximate surface area is 247 Å². The Morgan fingerprint density at radius 2 is 1.55 bits per heavy atom. The van der Waals surface area contributed by atoms with Gasteiger partial charge in [-0.05, 0) is 44.7 Å². The van der Waals surface area contributed by atoms with Crippen LogP contribution >= 0.6 is 0 Å². The first-order valence-electron chi connectivity index (χ1n) is 13.3. The number of carboxylic acid groups (broad SMARTS) is 1. The van der Waals surface area contributed by atoms with Crippen LogP contribution in [-0.2, 0) is 4.79 Å². The SMILES string of the molecule is CC[C@@H]1C2[N-]/C(=C\c3[n-]c(c(C)c3C)/C=c3\[n-]c(c(C)\c3=C\O)/C=c3\[n-]c4c(c3C)C(=O)[C@H](C(=O)O)C=42)[C@H]1C.[Mg+2]. The summed E-state index contributed by atoms with van der Waals surface area (Å²) < 4.78 is 0. The van der Waals surface area contributed by atoms with Crippen LogP contribution in [-0.4, -0.2) is 51.1 Å². The van der Waals surface area contributed by atoms with E-state index in [1.165, 1.54) is 0 Å². The van der Waals surface area contributed by atoms with Crippen molar-refractivity contribution < 1.29 is 19.8 Å². The van der Waals surface area contributed by atoms with Crippen molar-refractivity contribution in [1.29, 1.82) is 0 Å². The predicted octanol–water partition coefficient (Wildman–Crippen LogP) is 1.19. The van der Waals surface area contributed by atoms with Crippen LogP contribution in [0.3, 0.4) is 0 Å². The number of carbonyl (C=O) groups excluding carboxylic acids is 1. The number of hydrogen-bond acceptors (Lipinski definition) is 3. The minimum Gasteiger partial charge on any atom is -0.681 e. The molecule has 202 valence electrons. The zero-order chi connectivity index (χ0) is 27.9. The standard InChI is InChI=1S/C31H30N4O4.Mg/c1-7-17-14(4)22-8-19-12(2)13(3)20(32-19)10-24-18(11-36)15(5)21(33-24)9-23-16(6)25-29(35-23)26(28(17)34-22)27(30(25)37)31(38)39;/h8-11,14,17,27-28H,7H2,1-6H3,(H,36,37)(H,38,39);/q-4;+2/b22-8-,24-10-;/t14-,17-,27+,28?;/m0./s1. The van der Waals surface area contributed by atoms with Crippen LogP contribution in [0.4, 0.5) is 0 Å². The zero-order valence-corrected chi connectivity index (χ0v) is 24.9. The fourth-order valence-electron chi connectivity index (χ4n) is 6.49. The van der Waals surface area contributed by atoms with Crippen LogP contribution in [0.5, 0.6) is 0 Å². The quantitative estimate of drug-likeness (QED) is 0.364. The van der Waals surface area contributed by atoms with E-state index in [0.717, 1.165) is 46.5 Å². The molecule has 0 spiro atoms. The number of aliphatic carboxylic acids is 1. The first-order valence-corrected chi connectivity index (χ1v) is 13.3. The Morgan fingerprint density at radius 3 is 2.17 bits per heavy atom. The van der Waals surface area contributed by atoms with Gasteiger partial charge in [-0.2, -0.15) is 5.70 Å². The zero-order valence-electron chi connectivity index (χ0n) is 23.5. The molecule has 3 aromatic rings. The van der Waals surface area contributed by atoms with E-state index < -0.39 is 23.7 Å². The average molecular weight is 547 g/mol. The summed E-state index contributed by atoms with van der Waals surface area (Å²) in [5.74, 6) is -2.84. The Hall–Kier alpha value is -3.43. The summed E-state index contributed by atoms with van der Waals surface area (Å²) in [4.78, 5) is 40.6. The van der Waals surface area contributed by atoms with E-state index in [2.05, 4.69) is 13.8 Å². The predicted molar refractivity (Wildman–Crippen MR) is 154 cm³/mol. The van der Waals surface area contributed by atoms with E-state index in [1.807, 2.05) is 32.9 Å². The van der Waals surface area contributed by atoms with Gasteiger partial charge >= 0.3 is 29.0 Å². The number of fused-ring (bicyclic) bond motifs is 8. The van der Waals surface area contributed by atoms with Crippen molar-refractivity contribution in [2.24, 2.45) is 17.8 Å². The summed E-state index contributed by atoms with van der Waals surface area (Å²) in [5, 5.41) is 27.5. The fourth-order valence-corrected chi connectivity index (χ4v) is 6.49. The Kier molecular flexibility index (Phi) is 6.95. The molecule has 6 rings (SSSR count). The van der Waals surface area contributed by atoms with Crippen molar-refractivity contribution >= 4 is 64.9 Å². The third-order valence-corrected chi connectivity index (χ3v) is 9.00. The van der Waals surface area contributed by atoms with Crippen molar-refractivity contribution in [3.8, 4) is 0 Å². The normalized spacial score (nSPS) is 26.4. The maximum Gasteiger partial charge on any atom is 2.00 e. The van der Waals surface area contributed by atoms with Gasteiger partial charge in [-0.15, -0.1) is 33.1 Å². The molecule has 9 heteroatoms. The van der Waals surface area contributed by atoms with Crippen LogP contribution in [0.25, 0.3) is 35.4 Å². The number of aliphatic hydroxyl groups is 1. The largest absolute Gasteiger partial charge is 2.00 e. The van der Waals surface area contributed by atoms with Gasteiger partial charge in [-0.25, -0.2) is 0 Å². The summed E-state index contributed by atoms with van der Waals surface area (Å²) >= 11 is 0. The molecule has 0 saturated carbocycles. The summed E-state index contributed by atoms with van der Waals surface area (Å²) in [6, 6.07) is -0.471. The second-order valence-electron chi connectivity index (χ2n) is 10.9. The van der Waals surface area contributed by atoms with Gasteiger partial charge in [-0.3, -0.25) is 9.59 Å². The van der Waals surface area contributed by atoms with E-state index in [0.29, 0.717) is 43.7 Å². The van der Waals surface area contributed by atoms with Crippen molar-refractivity contribution in [3.05, 3.63) is 77.2 Å². The first kappa shape index (κ1) is 28.1. The topological polar surface area (TPSA) is 131 Å². The second kappa shape index (κ2) is 9.89. The molecule has 1 unspecified atom stereocenters. The van der Waals surface area contributed by atoms with Crippen LogP contribution in [0.1, 0.15) is 70.0 Å². The van der Waals surface area contributed by atoms with Crippen LogP contribution < -0.4 is 36.2 Å². The van der Waals surface area contributed by atoms with E-state index in [-0.39, 0.29) is 34.9 Å². The van der Waals surface area contributed by atoms with Crippen LogP contribution in [0.15, 0.2) is 5.70 Å². The minimum atomic E-state index is -1.30. The van der Waals surface area contributed by atoms with Gasteiger partial charge in [0, 0.05) is 5.56 Å². The second-order valence-corrected chi connectivity index (χ2v) is 10.9. The molecule has 0 aromatic carbocycles. The molecule has 2 aliphatic heterocycles. The Balaban J connectivity index is 0.00000323. The molecule has 4 atom stereocenters. The average Bonchev–Trinajstić information content (AvgIpc) is 3.62. The third kappa shape index (κ3) is 3.85. The molecule has 1 aliphatic carbocycles. The van der Waals surface area contributed by atoms with E-state index in [1.54, 1.807) is 13.0 Å².